The van der Waals surface area contributed by atoms with Crippen LogP contribution in [0.15, 0.2) is 180 Å². The van der Waals surface area contributed by atoms with Gasteiger partial charge in [0.25, 0.3) is 0 Å². The number of nitrogens with zero attached hydrogens (tertiary/aromatic N) is 2. The predicted molar refractivity (Wildman–Crippen MR) is 230 cm³/mol. The van der Waals surface area contributed by atoms with Crippen LogP contribution in [0.4, 0.5) is 17.1 Å². The van der Waals surface area contributed by atoms with Gasteiger partial charge in [-0.1, -0.05) is 116 Å². The second-order valence-electron chi connectivity index (χ2n) is 15.5. The van der Waals surface area contributed by atoms with E-state index in [1.165, 1.54) is 60.8 Å². The molecule has 1 aliphatic rings. The van der Waals surface area contributed by atoms with Crippen molar-refractivity contribution in [1.82, 2.24) is 4.57 Å². The lowest BCUT2D eigenvalue weighted by atomic mass is 9.82. The van der Waals surface area contributed by atoms with Crippen molar-refractivity contribution in [2.24, 2.45) is 0 Å². The summed E-state index contributed by atoms with van der Waals surface area (Å²) in [6, 6.07) is 64.2. The summed E-state index contributed by atoms with van der Waals surface area (Å²) in [7, 11) is 0. The second kappa shape index (κ2) is 11.8. The third kappa shape index (κ3) is 4.83. The first kappa shape index (κ1) is 31.7. The minimum Gasteiger partial charge on any atom is -0.456 e. The van der Waals surface area contributed by atoms with E-state index in [2.05, 4.69) is 194 Å². The molecule has 11 rings (SSSR count). The summed E-state index contributed by atoms with van der Waals surface area (Å²) >= 11 is 0. The fourth-order valence-corrected chi connectivity index (χ4v) is 9.08. The molecule has 262 valence electrons. The molecule has 0 saturated carbocycles. The molecule has 0 radical (unpaired) electrons. The van der Waals surface area contributed by atoms with E-state index < -0.39 is 0 Å². The van der Waals surface area contributed by atoms with Crippen LogP contribution >= 0.6 is 0 Å². The monoisotopic (exact) mass is 706 g/mol. The fraction of sp³-hybridized carbons (Fsp3) is 0.0769. The van der Waals surface area contributed by atoms with Crippen molar-refractivity contribution in [3.63, 3.8) is 0 Å². The van der Waals surface area contributed by atoms with Gasteiger partial charge in [0.2, 0.25) is 0 Å². The minimum atomic E-state index is -0.0879. The number of aryl methyl sites for hydroxylation is 1. The number of rotatable bonds is 5. The molecule has 2 aromatic heterocycles. The van der Waals surface area contributed by atoms with Gasteiger partial charge < -0.3 is 13.9 Å². The number of fused-ring (bicyclic) bond motifs is 9. The lowest BCUT2D eigenvalue weighted by molar-refractivity contribution is 0.660. The molecule has 0 saturated heterocycles. The predicted octanol–water partition coefficient (Wildman–Crippen LogP) is 14.4. The highest BCUT2D eigenvalue weighted by atomic mass is 16.3. The van der Waals surface area contributed by atoms with Gasteiger partial charge in [0, 0.05) is 49.7 Å². The Balaban J connectivity index is 1.04. The molecule has 0 bridgehead atoms. The summed E-state index contributed by atoms with van der Waals surface area (Å²) in [6.07, 6.45) is 0. The summed E-state index contributed by atoms with van der Waals surface area (Å²) < 4.78 is 8.57. The van der Waals surface area contributed by atoms with Gasteiger partial charge >= 0.3 is 0 Å². The fourth-order valence-electron chi connectivity index (χ4n) is 9.08. The SMILES string of the molecule is Cc1ccc(N(c2cccc(-c3ccc4c(c3)c3ccccc3n4-c3ccc4oc5ccccc5c4c3)c2)c2ccc3c(c2)C(C)(C)c2ccccc2-3)cc1. The largest absolute Gasteiger partial charge is 0.456 e. The maximum atomic E-state index is 6.18. The van der Waals surface area contributed by atoms with E-state index in [1.807, 2.05) is 12.1 Å². The van der Waals surface area contributed by atoms with Gasteiger partial charge in [-0.05, 0) is 119 Å². The van der Waals surface area contributed by atoms with Gasteiger partial charge in [-0.2, -0.15) is 0 Å². The number of furan rings is 1. The van der Waals surface area contributed by atoms with Crippen molar-refractivity contribution in [2.75, 3.05) is 4.90 Å². The minimum absolute atomic E-state index is 0.0879. The molecule has 0 N–H and O–H groups in total. The van der Waals surface area contributed by atoms with Crippen molar-refractivity contribution < 1.29 is 4.42 Å². The van der Waals surface area contributed by atoms with E-state index >= 15 is 0 Å². The van der Waals surface area contributed by atoms with Crippen molar-refractivity contribution in [3.05, 3.63) is 193 Å². The van der Waals surface area contributed by atoms with E-state index in [4.69, 9.17) is 4.42 Å². The highest BCUT2D eigenvalue weighted by molar-refractivity contribution is 6.11. The quantitative estimate of drug-likeness (QED) is 0.178. The highest BCUT2D eigenvalue weighted by Crippen LogP contribution is 2.51. The summed E-state index contributed by atoms with van der Waals surface area (Å²) in [5, 5.41) is 4.72. The van der Waals surface area contributed by atoms with Gasteiger partial charge in [-0.3, -0.25) is 0 Å². The highest BCUT2D eigenvalue weighted by Gasteiger charge is 2.35. The average molecular weight is 707 g/mol. The van der Waals surface area contributed by atoms with Crippen molar-refractivity contribution in [2.45, 2.75) is 26.2 Å². The van der Waals surface area contributed by atoms with Gasteiger partial charge in [-0.15, -0.1) is 0 Å². The summed E-state index contributed by atoms with van der Waals surface area (Å²) in [5.74, 6) is 0. The number of hydrogen-bond donors (Lipinski definition) is 0. The molecule has 3 heteroatoms. The molecule has 0 aliphatic heterocycles. The summed E-state index contributed by atoms with van der Waals surface area (Å²) in [5.41, 5.74) is 17.6. The number of anilines is 3. The van der Waals surface area contributed by atoms with Crippen molar-refractivity contribution in [1.29, 1.82) is 0 Å². The van der Waals surface area contributed by atoms with Crippen LogP contribution in [-0.4, -0.2) is 4.57 Å². The maximum Gasteiger partial charge on any atom is 0.135 e. The standard InChI is InChI=1S/C52H38N2O/c1-33-19-22-36(23-20-33)53(39-24-26-41-40-13-4-7-16-46(40)52(2,3)47(41)32-39)37-12-10-11-34(29-37)35-21-27-49-44(30-35)42-14-5-8-17-48(42)54(49)38-25-28-51-45(31-38)43-15-6-9-18-50(43)55-51/h4-32H,1-3H3. The Morgan fingerprint density at radius 3 is 2.04 bits per heavy atom. The number of benzene rings is 8. The van der Waals surface area contributed by atoms with Gasteiger partial charge in [0.15, 0.2) is 0 Å². The molecular formula is C52H38N2O. The zero-order chi connectivity index (χ0) is 36.8. The van der Waals surface area contributed by atoms with Gasteiger partial charge in [0.05, 0.1) is 11.0 Å². The Kier molecular flexibility index (Phi) is 6.81. The Morgan fingerprint density at radius 1 is 0.455 bits per heavy atom. The normalized spacial score (nSPS) is 13.1. The molecule has 2 heterocycles. The van der Waals surface area contributed by atoms with E-state index in [1.54, 1.807) is 0 Å². The Bertz CT molecular complexity index is 3140. The van der Waals surface area contributed by atoms with Crippen LogP contribution in [0, 0.1) is 6.92 Å². The smallest absolute Gasteiger partial charge is 0.135 e. The third-order valence-corrected chi connectivity index (χ3v) is 11.8. The van der Waals surface area contributed by atoms with Crippen LogP contribution in [0.2, 0.25) is 0 Å². The lowest BCUT2D eigenvalue weighted by Crippen LogP contribution is -2.16. The van der Waals surface area contributed by atoms with Crippen LogP contribution in [0.1, 0.15) is 30.5 Å². The molecule has 0 unspecified atom stereocenters. The molecule has 8 aromatic carbocycles. The van der Waals surface area contributed by atoms with E-state index in [-0.39, 0.29) is 5.41 Å². The topological polar surface area (TPSA) is 21.3 Å². The Morgan fingerprint density at radius 2 is 1.15 bits per heavy atom. The summed E-state index contributed by atoms with van der Waals surface area (Å²) in [4.78, 5) is 2.41. The van der Waals surface area contributed by atoms with E-state index in [0.29, 0.717) is 0 Å². The van der Waals surface area contributed by atoms with Crippen molar-refractivity contribution >= 4 is 60.8 Å². The van der Waals surface area contributed by atoms with Crippen LogP contribution in [0.25, 0.3) is 71.7 Å². The van der Waals surface area contributed by atoms with E-state index in [9.17, 15) is 0 Å². The molecule has 3 nitrogen and oxygen atoms in total. The maximum absolute atomic E-state index is 6.18. The number of hydrogen-bond acceptors (Lipinski definition) is 2. The zero-order valence-electron chi connectivity index (χ0n) is 31.0. The van der Waals surface area contributed by atoms with E-state index in [0.717, 1.165) is 44.7 Å². The van der Waals surface area contributed by atoms with Gasteiger partial charge in [0.1, 0.15) is 11.2 Å². The van der Waals surface area contributed by atoms with Gasteiger partial charge in [-0.25, -0.2) is 0 Å². The molecule has 10 aromatic rings. The molecular weight excluding hydrogens is 669 g/mol. The zero-order valence-corrected chi connectivity index (χ0v) is 31.0. The molecule has 0 amide bonds. The van der Waals surface area contributed by atoms with Crippen LogP contribution in [-0.2, 0) is 5.41 Å². The Hall–Kier alpha value is -6.84. The van der Waals surface area contributed by atoms with Crippen LogP contribution in [0.3, 0.4) is 0 Å². The first-order chi connectivity index (χ1) is 26.9. The third-order valence-electron chi connectivity index (χ3n) is 11.8. The van der Waals surface area contributed by atoms with Crippen molar-refractivity contribution in [3.8, 4) is 27.9 Å². The summed E-state index contributed by atoms with van der Waals surface area (Å²) in [6.45, 7) is 6.85. The number of para-hydroxylation sites is 2. The average Bonchev–Trinajstić information content (AvgIpc) is 3.84. The first-order valence-electron chi connectivity index (χ1n) is 19.1. The molecule has 0 fully saturated rings. The molecule has 55 heavy (non-hydrogen) atoms. The second-order valence-corrected chi connectivity index (χ2v) is 15.5. The molecule has 1 aliphatic carbocycles. The first-order valence-corrected chi connectivity index (χ1v) is 19.1. The molecule has 0 spiro atoms. The van der Waals surface area contributed by atoms with Crippen LogP contribution < -0.4 is 4.90 Å². The molecule has 0 atom stereocenters. The number of aromatic nitrogens is 1. The lowest BCUT2D eigenvalue weighted by Gasteiger charge is -2.28. The van der Waals surface area contributed by atoms with Crippen LogP contribution in [0.5, 0.6) is 0 Å². The Labute approximate surface area is 320 Å².